The number of anilines is 1. The minimum atomic E-state index is 0. The summed E-state index contributed by atoms with van der Waals surface area (Å²) in [6.45, 7) is 4.67. The first-order chi connectivity index (χ1) is 10.1. The molecular formula is C16H21IN4S. The Balaban J connectivity index is 0.00000242. The normalized spacial score (nSPS) is 11.0. The topological polar surface area (TPSA) is 63.3 Å². The van der Waals surface area contributed by atoms with Crippen molar-refractivity contribution >= 4 is 47.4 Å². The number of nitrogens with two attached hydrogens (primary N) is 1. The van der Waals surface area contributed by atoms with E-state index in [9.17, 15) is 0 Å². The number of aromatic nitrogens is 1. The number of nitrogens with zero attached hydrogens (tertiary/aromatic N) is 2. The van der Waals surface area contributed by atoms with Crippen LogP contribution in [0, 0.1) is 13.8 Å². The zero-order valence-corrected chi connectivity index (χ0v) is 16.1. The molecule has 118 valence electrons. The number of nitrogens with one attached hydrogen (secondary N) is 1. The maximum Gasteiger partial charge on any atom is 0.193 e. The van der Waals surface area contributed by atoms with E-state index in [1.54, 1.807) is 18.0 Å². The molecule has 0 unspecified atom stereocenters. The van der Waals surface area contributed by atoms with Gasteiger partial charge in [0.2, 0.25) is 0 Å². The summed E-state index contributed by atoms with van der Waals surface area (Å²) in [6.07, 6.45) is 3.80. The molecule has 6 heteroatoms. The van der Waals surface area contributed by atoms with E-state index >= 15 is 0 Å². The highest BCUT2D eigenvalue weighted by atomic mass is 127. The lowest BCUT2D eigenvalue weighted by Gasteiger charge is -2.08. The molecule has 0 amide bonds. The molecule has 0 bridgehead atoms. The number of hydrogen-bond acceptors (Lipinski definition) is 3. The summed E-state index contributed by atoms with van der Waals surface area (Å²) in [6, 6.07) is 10.2. The van der Waals surface area contributed by atoms with Gasteiger partial charge in [0.05, 0.1) is 11.6 Å². The first kappa shape index (κ1) is 18.8. The van der Waals surface area contributed by atoms with Crippen molar-refractivity contribution in [3.63, 3.8) is 0 Å². The first-order valence-electron chi connectivity index (χ1n) is 6.71. The molecule has 0 aliphatic heterocycles. The molecule has 1 aromatic carbocycles. The van der Waals surface area contributed by atoms with E-state index in [1.165, 1.54) is 11.1 Å². The van der Waals surface area contributed by atoms with Crippen LogP contribution in [-0.4, -0.2) is 17.2 Å². The van der Waals surface area contributed by atoms with E-state index in [0.717, 1.165) is 16.3 Å². The number of rotatable bonds is 4. The van der Waals surface area contributed by atoms with E-state index in [0.29, 0.717) is 12.5 Å². The predicted molar refractivity (Wildman–Crippen MR) is 106 cm³/mol. The van der Waals surface area contributed by atoms with E-state index in [4.69, 9.17) is 5.73 Å². The second kappa shape index (κ2) is 8.99. The lowest BCUT2D eigenvalue weighted by Crippen LogP contribution is -2.22. The van der Waals surface area contributed by atoms with E-state index in [1.807, 2.05) is 30.5 Å². The van der Waals surface area contributed by atoms with E-state index in [-0.39, 0.29) is 24.0 Å². The van der Waals surface area contributed by atoms with Gasteiger partial charge in [-0.15, -0.1) is 35.7 Å². The van der Waals surface area contributed by atoms with Gasteiger partial charge in [-0.25, -0.2) is 9.98 Å². The third kappa shape index (κ3) is 5.84. The smallest absolute Gasteiger partial charge is 0.193 e. The molecule has 4 nitrogen and oxygen atoms in total. The van der Waals surface area contributed by atoms with Gasteiger partial charge in [-0.3, -0.25) is 0 Å². The SMILES string of the molecule is CSc1cc(CN=C(N)Nc2cc(C)cc(C)c2)ccn1.I. The third-order valence-corrected chi connectivity index (χ3v) is 3.58. The van der Waals surface area contributed by atoms with Crippen LogP contribution in [0.5, 0.6) is 0 Å². The molecule has 0 saturated carbocycles. The number of guanidine groups is 1. The third-order valence-electron chi connectivity index (χ3n) is 2.93. The van der Waals surface area contributed by atoms with Crippen LogP contribution in [0.15, 0.2) is 46.5 Å². The standard InChI is InChI=1S/C16H20N4S.HI/c1-11-6-12(2)8-14(7-11)20-16(17)19-10-13-4-5-18-15(9-13)21-3;/h4-9H,10H2,1-3H3,(H3,17,19,20);1H. The minimum absolute atomic E-state index is 0. The molecule has 2 rings (SSSR count). The van der Waals surface area contributed by atoms with Gasteiger partial charge in [0, 0.05) is 11.9 Å². The van der Waals surface area contributed by atoms with Crippen molar-refractivity contribution < 1.29 is 0 Å². The largest absolute Gasteiger partial charge is 0.370 e. The van der Waals surface area contributed by atoms with Crippen LogP contribution in [0.1, 0.15) is 16.7 Å². The average molecular weight is 428 g/mol. The molecule has 1 aromatic heterocycles. The molecule has 0 saturated heterocycles. The molecule has 0 fully saturated rings. The quantitative estimate of drug-likeness (QED) is 0.335. The van der Waals surface area contributed by atoms with Gasteiger partial charge >= 0.3 is 0 Å². The number of aliphatic imine (C=N–C) groups is 1. The predicted octanol–water partition coefficient (Wildman–Crippen LogP) is 3.97. The first-order valence-corrected chi connectivity index (χ1v) is 7.93. The summed E-state index contributed by atoms with van der Waals surface area (Å²) < 4.78 is 0. The van der Waals surface area contributed by atoms with Crippen molar-refractivity contribution in [1.82, 2.24) is 4.98 Å². The molecule has 0 atom stereocenters. The van der Waals surface area contributed by atoms with Gasteiger partial charge in [-0.1, -0.05) is 6.07 Å². The Hall–Kier alpha value is -1.28. The molecule has 0 spiro atoms. The van der Waals surface area contributed by atoms with Gasteiger partial charge in [-0.05, 0) is 61.1 Å². The van der Waals surface area contributed by atoms with Crippen LogP contribution in [0.4, 0.5) is 5.69 Å². The fourth-order valence-electron chi connectivity index (χ4n) is 2.07. The van der Waals surface area contributed by atoms with Gasteiger partial charge in [-0.2, -0.15) is 0 Å². The Kier molecular flexibility index (Phi) is 7.67. The number of pyridine rings is 1. The van der Waals surface area contributed by atoms with Gasteiger partial charge in [0.15, 0.2) is 5.96 Å². The monoisotopic (exact) mass is 428 g/mol. The molecule has 3 N–H and O–H groups in total. The van der Waals surface area contributed by atoms with Crippen molar-refractivity contribution in [2.24, 2.45) is 10.7 Å². The maximum atomic E-state index is 5.94. The number of aryl methyl sites for hydroxylation is 2. The molecule has 2 aromatic rings. The lowest BCUT2D eigenvalue weighted by molar-refractivity contribution is 1.01. The number of halogens is 1. The summed E-state index contributed by atoms with van der Waals surface area (Å²) in [4.78, 5) is 8.61. The Morgan fingerprint density at radius 2 is 1.91 bits per heavy atom. The highest BCUT2D eigenvalue weighted by Gasteiger charge is 1.99. The van der Waals surface area contributed by atoms with Crippen LogP contribution in [0.3, 0.4) is 0 Å². The van der Waals surface area contributed by atoms with Crippen LogP contribution in [0.2, 0.25) is 0 Å². The van der Waals surface area contributed by atoms with E-state index < -0.39 is 0 Å². The van der Waals surface area contributed by atoms with Gasteiger partial charge in [0.1, 0.15) is 0 Å². The molecule has 1 heterocycles. The molecule has 0 radical (unpaired) electrons. The number of thioether (sulfide) groups is 1. The molecule has 0 aliphatic rings. The second-order valence-electron chi connectivity index (χ2n) is 4.91. The lowest BCUT2D eigenvalue weighted by atomic mass is 10.1. The summed E-state index contributed by atoms with van der Waals surface area (Å²) in [7, 11) is 0. The van der Waals surface area contributed by atoms with E-state index in [2.05, 4.69) is 35.2 Å². The minimum Gasteiger partial charge on any atom is -0.370 e. The summed E-state index contributed by atoms with van der Waals surface area (Å²) in [5.41, 5.74) is 10.4. The Bertz CT molecular complexity index is 638. The molecular weight excluding hydrogens is 407 g/mol. The molecule has 22 heavy (non-hydrogen) atoms. The Morgan fingerprint density at radius 3 is 2.55 bits per heavy atom. The average Bonchev–Trinajstić information content (AvgIpc) is 2.44. The molecule has 0 aliphatic carbocycles. The second-order valence-corrected chi connectivity index (χ2v) is 5.74. The van der Waals surface area contributed by atoms with Crippen LogP contribution in [0.25, 0.3) is 0 Å². The van der Waals surface area contributed by atoms with Crippen molar-refractivity contribution in [2.45, 2.75) is 25.4 Å². The Labute approximate surface area is 153 Å². The summed E-state index contributed by atoms with van der Waals surface area (Å²) >= 11 is 1.62. The summed E-state index contributed by atoms with van der Waals surface area (Å²) in [5, 5.41) is 4.12. The van der Waals surface area contributed by atoms with Crippen molar-refractivity contribution in [3.8, 4) is 0 Å². The van der Waals surface area contributed by atoms with Crippen molar-refractivity contribution in [2.75, 3.05) is 11.6 Å². The van der Waals surface area contributed by atoms with Crippen LogP contribution < -0.4 is 11.1 Å². The fraction of sp³-hybridized carbons (Fsp3) is 0.250. The number of benzene rings is 1. The zero-order valence-electron chi connectivity index (χ0n) is 13.0. The number of hydrogen-bond donors (Lipinski definition) is 2. The highest BCUT2D eigenvalue weighted by Crippen LogP contribution is 2.14. The zero-order chi connectivity index (χ0) is 15.2. The Morgan fingerprint density at radius 1 is 1.23 bits per heavy atom. The van der Waals surface area contributed by atoms with Crippen LogP contribution >= 0.6 is 35.7 Å². The van der Waals surface area contributed by atoms with Gasteiger partial charge < -0.3 is 11.1 Å². The van der Waals surface area contributed by atoms with Crippen LogP contribution in [-0.2, 0) is 6.54 Å². The fourth-order valence-corrected chi connectivity index (χ4v) is 2.51. The van der Waals surface area contributed by atoms with Crippen molar-refractivity contribution in [1.29, 1.82) is 0 Å². The van der Waals surface area contributed by atoms with Crippen molar-refractivity contribution in [3.05, 3.63) is 53.2 Å². The van der Waals surface area contributed by atoms with Gasteiger partial charge in [0.25, 0.3) is 0 Å². The maximum absolute atomic E-state index is 5.94. The summed E-state index contributed by atoms with van der Waals surface area (Å²) in [5.74, 6) is 0.419. The highest BCUT2D eigenvalue weighted by molar-refractivity contribution is 14.0.